The van der Waals surface area contributed by atoms with Crippen molar-refractivity contribution in [2.75, 3.05) is 6.54 Å². The number of carbonyl (C=O) groups excluding carboxylic acids is 1. The van der Waals surface area contributed by atoms with Gasteiger partial charge in [-0.2, -0.15) is 5.10 Å². The van der Waals surface area contributed by atoms with Crippen molar-refractivity contribution < 1.29 is 14.7 Å². The molecule has 7 heteroatoms. The van der Waals surface area contributed by atoms with Gasteiger partial charge in [0.15, 0.2) is 0 Å². The van der Waals surface area contributed by atoms with Crippen molar-refractivity contribution in [2.45, 2.75) is 25.3 Å². The number of H-pyrrole nitrogens is 1. The van der Waals surface area contributed by atoms with Gasteiger partial charge in [-0.1, -0.05) is 23.7 Å². The molecule has 23 heavy (non-hydrogen) atoms. The molecule has 1 aliphatic rings. The van der Waals surface area contributed by atoms with Crippen molar-refractivity contribution in [3.63, 3.8) is 0 Å². The van der Waals surface area contributed by atoms with Crippen LogP contribution in [0.1, 0.15) is 29.8 Å². The summed E-state index contributed by atoms with van der Waals surface area (Å²) < 4.78 is 0. The number of amides is 1. The van der Waals surface area contributed by atoms with Crippen molar-refractivity contribution in [1.82, 2.24) is 15.1 Å². The van der Waals surface area contributed by atoms with Crippen LogP contribution in [-0.2, 0) is 4.79 Å². The van der Waals surface area contributed by atoms with Crippen LogP contribution >= 0.6 is 11.6 Å². The number of carboxylic acids is 1. The van der Waals surface area contributed by atoms with E-state index in [1.54, 1.807) is 18.2 Å². The molecule has 0 unspecified atom stereocenters. The third kappa shape index (κ3) is 3.22. The second-order valence-electron chi connectivity index (χ2n) is 5.52. The molecule has 1 fully saturated rings. The Labute approximate surface area is 138 Å². The lowest BCUT2D eigenvalue weighted by molar-refractivity contribution is -0.143. The molecule has 6 nitrogen and oxygen atoms in total. The molecule has 0 saturated carbocycles. The van der Waals surface area contributed by atoms with Crippen LogP contribution < -0.4 is 0 Å². The standard InChI is InChI=1S/C16H16ClN3O3/c17-11-6-4-10(5-7-11)12-9-13(19-18-12)15(21)20-8-2-1-3-14(20)16(22)23/h4-7,9,14H,1-3,8H2,(H,18,19)(H,22,23)/t14-/m1/s1. The van der Waals surface area contributed by atoms with E-state index in [0.717, 1.165) is 18.4 Å². The predicted molar refractivity (Wildman–Crippen MR) is 85.3 cm³/mol. The second kappa shape index (κ2) is 6.42. The Balaban J connectivity index is 1.83. The minimum Gasteiger partial charge on any atom is -0.480 e. The molecule has 2 aromatic rings. The Bertz CT molecular complexity index is 726. The van der Waals surface area contributed by atoms with E-state index in [0.29, 0.717) is 29.4 Å². The SMILES string of the molecule is O=C(O)[C@H]1CCCCN1C(=O)c1cc(-c2ccc(Cl)cc2)n[nH]1. The van der Waals surface area contributed by atoms with Gasteiger partial charge in [-0.25, -0.2) is 4.79 Å². The van der Waals surface area contributed by atoms with Crippen LogP contribution in [0.5, 0.6) is 0 Å². The van der Waals surface area contributed by atoms with Crippen molar-refractivity contribution in [2.24, 2.45) is 0 Å². The second-order valence-corrected chi connectivity index (χ2v) is 5.96. The van der Waals surface area contributed by atoms with E-state index >= 15 is 0 Å². The van der Waals surface area contributed by atoms with Crippen LogP contribution in [-0.4, -0.2) is 44.7 Å². The molecule has 3 rings (SSSR count). The highest BCUT2D eigenvalue weighted by atomic mass is 35.5. The summed E-state index contributed by atoms with van der Waals surface area (Å²) in [6.07, 6.45) is 2.12. The molecule has 0 spiro atoms. The third-order valence-electron chi connectivity index (χ3n) is 4.00. The van der Waals surface area contributed by atoms with Gasteiger partial charge in [-0.3, -0.25) is 9.89 Å². The number of nitrogens with one attached hydrogen (secondary N) is 1. The molecule has 120 valence electrons. The molecule has 1 saturated heterocycles. The monoisotopic (exact) mass is 333 g/mol. The van der Waals surface area contributed by atoms with Crippen molar-refractivity contribution >= 4 is 23.5 Å². The quantitative estimate of drug-likeness (QED) is 0.904. The molecule has 1 aliphatic heterocycles. The summed E-state index contributed by atoms with van der Waals surface area (Å²) in [6, 6.07) is 8.00. The fraction of sp³-hybridized carbons (Fsp3) is 0.312. The number of likely N-dealkylation sites (tertiary alicyclic amines) is 1. The van der Waals surface area contributed by atoms with E-state index in [2.05, 4.69) is 10.2 Å². The fourth-order valence-electron chi connectivity index (χ4n) is 2.79. The van der Waals surface area contributed by atoms with E-state index in [-0.39, 0.29) is 5.91 Å². The Morgan fingerprint density at radius 3 is 2.70 bits per heavy atom. The molecule has 0 radical (unpaired) electrons. The Hall–Kier alpha value is -2.34. The van der Waals surface area contributed by atoms with Gasteiger partial charge in [-0.05, 0) is 37.5 Å². The zero-order chi connectivity index (χ0) is 16.4. The summed E-state index contributed by atoms with van der Waals surface area (Å²) in [4.78, 5) is 25.3. The molecule has 1 aromatic heterocycles. The molecule has 1 amide bonds. The minimum absolute atomic E-state index is 0.295. The number of nitrogens with zero attached hydrogens (tertiary/aromatic N) is 2. The highest BCUT2D eigenvalue weighted by molar-refractivity contribution is 6.30. The van der Waals surface area contributed by atoms with Crippen LogP contribution in [0, 0.1) is 0 Å². The van der Waals surface area contributed by atoms with E-state index < -0.39 is 12.0 Å². The third-order valence-corrected chi connectivity index (χ3v) is 4.25. The first-order valence-electron chi connectivity index (χ1n) is 7.41. The number of aromatic nitrogens is 2. The summed E-state index contributed by atoms with van der Waals surface area (Å²) in [5.74, 6) is -1.29. The van der Waals surface area contributed by atoms with Crippen molar-refractivity contribution in [1.29, 1.82) is 0 Å². The van der Waals surface area contributed by atoms with E-state index in [4.69, 9.17) is 11.6 Å². The fourth-order valence-corrected chi connectivity index (χ4v) is 2.91. The smallest absolute Gasteiger partial charge is 0.326 e. The van der Waals surface area contributed by atoms with Gasteiger partial charge in [0, 0.05) is 17.1 Å². The Morgan fingerprint density at radius 1 is 1.26 bits per heavy atom. The van der Waals surface area contributed by atoms with E-state index in [9.17, 15) is 14.7 Å². The highest BCUT2D eigenvalue weighted by Crippen LogP contribution is 2.23. The number of halogens is 1. The van der Waals surface area contributed by atoms with Gasteiger partial charge >= 0.3 is 5.97 Å². The topological polar surface area (TPSA) is 86.3 Å². The van der Waals surface area contributed by atoms with E-state index in [1.807, 2.05) is 12.1 Å². The molecule has 1 atom stereocenters. The number of benzene rings is 1. The lowest BCUT2D eigenvalue weighted by Crippen LogP contribution is -2.48. The maximum absolute atomic E-state index is 12.6. The number of aliphatic carboxylic acids is 1. The zero-order valence-corrected chi connectivity index (χ0v) is 13.1. The molecule has 2 N–H and O–H groups in total. The van der Waals surface area contributed by atoms with Crippen LogP contribution in [0.25, 0.3) is 11.3 Å². The maximum atomic E-state index is 12.6. The number of carboxylic acid groups (broad SMARTS) is 1. The van der Waals surface area contributed by atoms with E-state index in [1.165, 1.54) is 4.90 Å². The first kappa shape index (κ1) is 15.6. The summed E-state index contributed by atoms with van der Waals surface area (Å²) >= 11 is 5.86. The number of hydrogen-bond acceptors (Lipinski definition) is 3. The van der Waals surface area contributed by atoms with Gasteiger partial charge < -0.3 is 10.0 Å². The lowest BCUT2D eigenvalue weighted by Gasteiger charge is -2.32. The zero-order valence-electron chi connectivity index (χ0n) is 12.3. The number of aromatic amines is 1. The molecule has 1 aromatic carbocycles. The Morgan fingerprint density at radius 2 is 2.00 bits per heavy atom. The van der Waals surface area contributed by atoms with Gasteiger partial charge in [0.05, 0.1) is 5.69 Å². The average Bonchev–Trinajstić information content (AvgIpc) is 3.04. The lowest BCUT2D eigenvalue weighted by atomic mass is 10.0. The highest BCUT2D eigenvalue weighted by Gasteiger charge is 2.33. The van der Waals surface area contributed by atoms with Crippen molar-refractivity contribution in [3.8, 4) is 11.3 Å². The molecule has 2 heterocycles. The van der Waals surface area contributed by atoms with Gasteiger partial charge in [-0.15, -0.1) is 0 Å². The number of rotatable bonds is 3. The first-order chi connectivity index (χ1) is 11.1. The molecule has 0 aliphatic carbocycles. The summed E-state index contributed by atoms with van der Waals surface area (Å²) in [7, 11) is 0. The molecular weight excluding hydrogens is 318 g/mol. The van der Waals surface area contributed by atoms with Crippen LogP contribution in [0.3, 0.4) is 0 Å². The Kier molecular flexibility index (Phi) is 4.34. The minimum atomic E-state index is -0.963. The predicted octanol–water partition coefficient (Wildman–Crippen LogP) is 2.81. The number of carbonyl (C=O) groups is 2. The van der Waals surface area contributed by atoms with Gasteiger partial charge in [0.2, 0.25) is 0 Å². The molecular formula is C16H16ClN3O3. The van der Waals surface area contributed by atoms with Gasteiger partial charge in [0.25, 0.3) is 5.91 Å². The molecule has 0 bridgehead atoms. The summed E-state index contributed by atoms with van der Waals surface area (Å²) in [5, 5.41) is 16.8. The van der Waals surface area contributed by atoms with Crippen molar-refractivity contribution in [3.05, 3.63) is 41.0 Å². The van der Waals surface area contributed by atoms with Crippen LogP contribution in [0.2, 0.25) is 5.02 Å². The van der Waals surface area contributed by atoms with Crippen LogP contribution in [0.15, 0.2) is 30.3 Å². The first-order valence-corrected chi connectivity index (χ1v) is 7.79. The van der Waals surface area contributed by atoms with Gasteiger partial charge in [0.1, 0.15) is 11.7 Å². The maximum Gasteiger partial charge on any atom is 0.326 e. The summed E-state index contributed by atoms with van der Waals surface area (Å²) in [6.45, 7) is 0.450. The normalized spacial score (nSPS) is 18.0. The number of hydrogen-bond donors (Lipinski definition) is 2. The average molecular weight is 334 g/mol. The number of piperidine rings is 1. The summed E-state index contributed by atoms with van der Waals surface area (Å²) in [5.41, 5.74) is 1.75. The van der Waals surface area contributed by atoms with Crippen LogP contribution in [0.4, 0.5) is 0 Å². The largest absolute Gasteiger partial charge is 0.480 e.